The number of urea groups is 1. The number of amides is 4. The Morgan fingerprint density at radius 3 is 2.28 bits per heavy atom. The van der Waals surface area contributed by atoms with E-state index in [0.29, 0.717) is 12.8 Å². The molecule has 2 atom stereocenters. The van der Waals surface area contributed by atoms with Crippen LogP contribution in [0.2, 0.25) is 0 Å². The van der Waals surface area contributed by atoms with E-state index in [2.05, 4.69) is 26.1 Å². The average Bonchev–Trinajstić information content (AvgIpc) is 2.73. The standard InChI is InChI=1S/C21H35N3O5/c1-13(2)24(14(3)4)16(25)11-29-17(26)10-23-18(27)21(22-19(23)28)9-15(5)8-20(6,7)12-21/h13-15H,8-12H2,1-7H3,(H,22,28)/t15-,21-/m0/s1. The number of nitrogens with zero attached hydrogens (tertiary/aromatic N) is 2. The number of esters is 1. The van der Waals surface area contributed by atoms with E-state index in [1.165, 1.54) is 0 Å². The Balaban J connectivity index is 2.00. The largest absolute Gasteiger partial charge is 0.454 e. The molecule has 8 heteroatoms. The maximum absolute atomic E-state index is 13.0. The molecule has 2 aliphatic rings. The molecule has 164 valence electrons. The number of hydrogen-bond acceptors (Lipinski definition) is 5. The minimum Gasteiger partial charge on any atom is -0.454 e. The molecule has 0 radical (unpaired) electrons. The van der Waals surface area contributed by atoms with Crippen LogP contribution in [0.1, 0.15) is 67.7 Å². The summed E-state index contributed by atoms with van der Waals surface area (Å²) in [5.41, 5.74) is -1.04. The van der Waals surface area contributed by atoms with Crippen LogP contribution < -0.4 is 5.32 Å². The first-order chi connectivity index (χ1) is 13.3. The third kappa shape index (κ3) is 5.08. The molecule has 0 aromatic heterocycles. The average molecular weight is 410 g/mol. The summed E-state index contributed by atoms with van der Waals surface area (Å²) in [6.07, 6.45) is 2.07. The van der Waals surface area contributed by atoms with Crippen molar-refractivity contribution in [3.05, 3.63) is 0 Å². The molecule has 0 aromatic rings. The molecule has 1 aliphatic carbocycles. The van der Waals surface area contributed by atoms with Crippen molar-refractivity contribution >= 4 is 23.8 Å². The number of carbonyl (C=O) groups excluding carboxylic acids is 4. The second kappa shape index (κ2) is 8.32. The Hall–Kier alpha value is -2.12. The fourth-order valence-corrected chi connectivity index (χ4v) is 5.21. The molecule has 4 amide bonds. The maximum atomic E-state index is 13.0. The van der Waals surface area contributed by atoms with Gasteiger partial charge < -0.3 is 15.0 Å². The predicted molar refractivity (Wildman–Crippen MR) is 108 cm³/mol. The van der Waals surface area contributed by atoms with E-state index < -0.39 is 30.7 Å². The third-order valence-electron chi connectivity index (χ3n) is 5.67. The van der Waals surface area contributed by atoms with E-state index in [9.17, 15) is 19.2 Å². The lowest BCUT2D eigenvalue weighted by Gasteiger charge is -2.43. The molecule has 0 bridgehead atoms. The van der Waals surface area contributed by atoms with Crippen molar-refractivity contribution in [2.45, 2.75) is 85.4 Å². The minimum absolute atomic E-state index is 0.0244. The SMILES string of the molecule is CC(C)N(C(=O)COC(=O)CN1C(=O)N[C@]2(C[C@@H](C)CC(C)(C)C2)C1=O)C(C)C. The molecule has 2 rings (SSSR count). The number of imide groups is 1. The van der Waals surface area contributed by atoms with Crippen molar-refractivity contribution in [1.82, 2.24) is 15.1 Å². The van der Waals surface area contributed by atoms with E-state index >= 15 is 0 Å². The lowest BCUT2D eigenvalue weighted by atomic mass is 9.64. The third-order valence-corrected chi connectivity index (χ3v) is 5.67. The number of ether oxygens (including phenoxy) is 1. The fourth-order valence-electron chi connectivity index (χ4n) is 5.21. The summed E-state index contributed by atoms with van der Waals surface area (Å²) < 4.78 is 5.08. The summed E-state index contributed by atoms with van der Waals surface area (Å²) in [7, 11) is 0. The van der Waals surface area contributed by atoms with Crippen LogP contribution in [0.25, 0.3) is 0 Å². The van der Waals surface area contributed by atoms with Crippen molar-refractivity contribution in [3.8, 4) is 0 Å². The molecule has 1 saturated heterocycles. The lowest BCUT2D eigenvalue weighted by molar-refractivity contribution is -0.155. The van der Waals surface area contributed by atoms with Gasteiger partial charge in [0.15, 0.2) is 6.61 Å². The molecule has 1 spiro atoms. The van der Waals surface area contributed by atoms with E-state index in [4.69, 9.17) is 4.74 Å². The van der Waals surface area contributed by atoms with Crippen LogP contribution in [-0.2, 0) is 19.1 Å². The highest BCUT2D eigenvalue weighted by Crippen LogP contribution is 2.46. The first-order valence-electron chi connectivity index (χ1n) is 10.4. The van der Waals surface area contributed by atoms with Gasteiger partial charge in [-0.05, 0) is 58.3 Å². The van der Waals surface area contributed by atoms with Gasteiger partial charge in [-0.2, -0.15) is 0 Å². The van der Waals surface area contributed by atoms with Gasteiger partial charge in [-0.15, -0.1) is 0 Å². The molecular formula is C21H35N3O5. The molecule has 2 fully saturated rings. The summed E-state index contributed by atoms with van der Waals surface area (Å²) in [6, 6.07) is -0.624. The van der Waals surface area contributed by atoms with Crippen molar-refractivity contribution in [3.63, 3.8) is 0 Å². The Bertz CT molecular complexity index is 680. The normalized spacial score (nSPS) is 26.2. The highest BCUT2D eigenvalue weighted by molar-refractivity contribution is 6.08. The highest BCUT2D eigenvalue weighted by atomic mass is 16.5. The van der Waals surface area contributed by atoms with Crippen LogP contribution in [-0.4, -0.2) is 64.4 Å². The molecule has 0 aromatic carbocycles. The first kappa shape index (κ1) is 23.2. The van der Waals surface area contributed by atoms with Crippen LogP contribution in [0, 0.1) is 11.3 Å². The smallest absolute Gasteiger partial charge is 0.326 e. The Morgan fingerprint density at radius 2 is 1.76 bits per heavy atom. The first-order valence-corrected chi connectivity index (χ1v) is 10.4. The number of nitrogens with one attached hydrogen (secondary N) is 1. The van der Waals surface area contributed by atoms with Gasteiger partial charge in [0.2, 0.25) is 0 Å². The monoisotopic (exact) mass is 409 g/mol. The van der Waals surface area contributed by atoms with Gasteiger partial charge in [-0.3, -0.25) is 19.3 Å². The zero-order valence-corrected chi connectivity index (χ0v) is 18.7. The van der Waals surface area contributed by atoms with Gasteiger partial charge in [0.05, 0.1) is 0 Å². The molecule has 1 N–H and O–H groups in total. The summed E-state index contributed by atoms with van der Waals surface area (Å²) in [6.45, 7) is 12.9. The number of hydrogen-bond donors (Lipinski definition) is 1. The summed E-state index contributed by atoms with van der Waals surface area (Å²) in [5.74, 6) is -1.17. The second-order valence-corrected chi connectivity index (χ2v) is 9.91. The fraction of sp³-hybridized carbons (Fsp3) is 0.810. The van der Waals surface area contributed by atoms with Gasteiger partial charge >= 0.3 is 12.0 Å². The predicted octanol–water partition coefficient (Wildman–Crippen LogP) is 2.31. The zero-order valence-electron chi connectivity index (χ0n) is 18.7. The van der Waals surface area contributed by atoms with Gasteiger partial charge in [0.1, 0.15) is 12.1 Å². The molecular weight excluding hydrogens is 374 g/mol. The topological polar surface area (TPSA) is 96.0 Å². The molecule has 29 heavy (non-hydrogen) atoms. The molecule has 1 saturated carbocycles. The van der Waals surface area contributed by atoms with E-state index in [0.717, 1.165) is 11.3 Å². The van der Waals surface area contributed by atoms with E-state index in [-0.39, 0.29) is 35.2 Å². The summed E-state index contributed by atoms with van der Waals surface area (Å²) in [4.78, 5) is 52.6. The summed E-state index contributed by atoms with van der Waals surface area (Å²) >= 11 is 0. The van der Waals surface area contributed by atoms with Crippen molar-refractivity contribution in [1.29, 1.82) is 0 Å². The van der Waals surface area contributed by atoms with Gasteiger partial charge in [0.25, 0.3) is 11.8 Å². The van der Waals surface area contributed by atoms with Gasteiger partial charge in [-0.1, -0.05) is 20.8 Å². The molecule has 1 aliphatic heterocycles. The Kier molecular flexibility index (Phi) is 6.65. The quantitative estimate of drug-likeness (QED) is 0.536. The van der Waals surface area contributed by atoms with Crippen LogP contribution in [0.4, 0.5) is 4.79 Å². The van der Waals surface area contributed by atoms with E-state index in [1.807, 2.05) is 27.7 Å². The number of rotatable bonds is 6. The van der Waals surface area contributed by atoms with Crippen molar-refractivity contribution in [2.75, 3.05) is 13.2 Å². The molecule has 0 unspecified atom stereocenters. The van der Waals surface area contributed by atoms with Gasteiger partial charge in [-0.25, -0.2) is 4.79 Å². The van der Waals surface area contributed by atoms with E-state index in [1.54, 1.807) is 4.90 Å². The Labute approximate surface area is 173 Å². The zero-order chi connectivity index (χ0) is 22.1. The van der Waals surface area contributed by atoms with Crippen LogP contribution in [0.5, 0.6) is 0 Å². The minimum atomic E-state index is -0.958. The maximum Gasteiger partial charge on any atom is 0.326 e. The Morgan fingerprint density at radius 1 is 1.17 bits per heavy atom. The molecule has 1 heterocycles. The van der Waals surface area contributed by atoms with Crippen LogP contribution >= 0.6 is 0 Å². The highest BCUT2D eigenvalue weighted by Gasteiger charge is 2.56. The second-order valence-electron chi connectivity index (χ2n) is 9.91. The summed E-state index contributed by atoms with van der Waals surface area (Å²) in [5, 5.41) is 2.83. The van der Waals surface area contributed by atoms with Crippen LogP contribution in [0.3, 0.4) is 0 Å². The van der Waals surface area contributed by atoms with Crippen molar-refractivity contribution in [2.24, 2.45) is 11.3 Å². The number of carbonyl (C=O) groups is 4. The van der Waals surface area contributed by atoms with Crippen LogP contribution in [0.15, 0.2) is 0 Å². The van der Waals surface area contributed by atoms with Gasteiger partial charge in [0, 0.05) is 12.1 Å². The molecule has 8 nitrogen and oxygen atoms in total. The van der Waals surface area contributed by atoms with Crippen molar-refractivity contribution < 1.29 is 23.9 Å². The lowest BCUT2D eigenvalue weighted by Crippen LogP contribution is -2.54.